The van der Waals surface area contributed by atoms with Crippen LogP contribution in [0.1, 0.15) is 81.1 Å². The number of hydrogen-bond acceptors (Lipinski definition) is 2. The molecule has 2 aromatic rings. The summed E-state index contributed by atoms with van der Waals surface area (Å²) in [5.41, 5.74) is 0.946. The van der Waals surface area contributed by atoms with Crippen molar-refractivity contribution in [2.75, 3.05) is 0 Å². The highest BCUT2D eigenvalue weighted by molar-refractivity contribution is 5.93. The number of fused-ring (bicyclic) bond motifs is 1. The molecule has 2 aromatic heterocycles. The number of nitrogens with zero attached hydrogens (tertiary/aromatic N) is 2. The zero-order valence-corrected chi connectivity index (χ0v) is 14.8. The Bertz CT molecular complexity index is 685. The van der Waals surface area contributed by atoms with E-state index in [1.165, 1.54) is 70.1 Å². The lowest BCUT2D eigenvalue weighted by Gasteiger charge is -2.19. The van der Waals surface area contributed by atoms with E-state index in [1.807, 2.05) is 0 Å². The van der Waals surface area contributed by atoms with Crippen molar-refractivity contribution in [1.29, 1.82) is 0 Å². The van der Waals surface area contributed by atoms with Gasteiger partial charge in [-0.15, -0.1) is 0 Å². The van der Waals surface area contributed by atoms with Crippen LogP contribution in [0.15, 0.2) is 24.5 Å². The molecule has 1 aliphatic carbocycles. The van der Waals surface area contributed by atoms with Crippen molar-refractivity contribution < 1.29 is 9.18 Å². The topological polar surface area (TPSA) is 46.4 Å². The van der Waals surface area contributed by atoms with E-state index in [9.17, 15) is 9.18 Å². The Morgan fingerprint density at radius 3 is 2.20 bits per heavy atom. The lowest BCUT2D eigenvalue weighted by molar-refractivity contribution is 0.0927. The molecule has 1 N–H and O–H groups in total. The molecule has 0 saturated heterocycles. The van der Waals surface area contributed by atoms with E-state index in [0.717, 1.165) is 12.8 Å². The first-order valence-electron chi connectivity index (χ1n) is 9.67. The second kappa shape index (κ2) is 8.97. The predicted octanol–water partition coefficient (Wildman–Crippen LogP) is 4.88. The molecular formula is C20H28FN3O. The summed E-state index contributed by atoms with van der Waals surface area (Å²) in [7, 11) is 0. The smallest absolute Gasteiger partial charge is 0.271 e. The molecular weight excluding hydrogens is 317 g/mol. The quantitative estimate of drug-likeness (QED) is 0.843. The molecule has 0 atom stereocenters. The second-order valence-electron chi connectivity index (χ2n) is 7.17. The number of hydrogen-bond donors (Lipinski definition) is 1. The zero-order chi connectivity index (χ0) is 17.5. The van der Waals surface area contributed by atoms with Crippen LogP contribution >= 0.6 is 0 Å². The Morgan fingerprint density at radius 1 is 0.960 bits per heavy atom. The Balaban J connectivity index is 1.61. The minimum Gasteiger partial charge on any atom is -0.348 e. The fraction of sp³-hybridized carbons (Fsp3) is 0.600. The van der Waals surface area contributed by atoms with Gasteiger partial charge in [-0.1, -0.05) is 57.8 Å². The number of aromatic nitrogens is 2. The van der Waals surface area contributed by atoms with Crippen molar-refractivity contribution in [3.8, 4) is 0 Å². The summed E-state index contributed by atoms with van der Waals surface area (Å²) in [6, 6.07) is 3.16. The van der Waals surface area contributed by atoms with Crippen molar-refractivity contribution in [3.63, 3.8) is 0 Å². The summed E-state index contributed by atoms with van der Waals surface area (Å²) in [5.74, 6) is -0.489. The van der Waals surface area contributed by atoms with Crippen molar-refractivity contribution in [2.24, 2.45) is 0 Å². The number of halogens is 1. The van der Waals surface area contributed by atoms with Crippen molar-refractivity contribution >= 4 is 11.6 Å². The van der Waals surface area contributed by atoms with E-state index in [2.05, 4.69) is 10.3 Å². The van der Waals surface area contributed by atoms with Crippen molar-refractivity contribution in [3.05, 3.63) is 36.0 Å². The molecule has 5 heteroatoms. The maximum Gasteiger partial charge on any atom is 0.271 e. The average molecular weight is 345 g/mol. The number of nitrogens with one attached hydrogen (secondary N) is 1. The van der Waals surface area contributed by atoms with Gasteiger partial charge in [-0.2, -0.15) is 0 Å². The number of imidazole rings is 1. The molecule has 1 amide bonds. The predicted molar refractivity (Wildman–Crippen MR) is 97.2 cm³/mol. The minimum absolute atomic E-state index is 0.152. The van der Waals surface area contributed by atoms with Gasteiger partial charge in [0, 0.05) is 18.4 Å². The number of amides is 1. The Hall–Kier alpha value is -1.91. The van der Waals surface area contributed by atoms with Crippen LogP contribution in [0.3, 0.4) is 0 Å². The highest BCUT2D eigenvalue weighted by Gasteiger charge is 2.16. The fourth-order valence-electron chi connectivity index (χ4n) is 3.64. The Morgan fingerprint density at radius 2 is 1.56 bits per heavy atom. The molecule has 136 valence electrons. The molecule has 0 aliphatic heterocycles. The van der Waals surface area contributed by atoms with E-state index >= 15 is 0 Å². The van der Waals surface area contributed by atoms with Gasteiger partial charge in [0.15, 0.2) is 0 Å². The summed E-state index contributed by atoms with van der Waals surface area (Å²) in [6.07, 6.45) is 16.5. The van der Waals surface area contributed by atoms with Crippen LogP contribution in [0.5, 0.6) is 0 Å². The number of pyridine rings is 1. The fourth-order valence-corrected chi connectivity index (χ4v) is 3.64. The van der Waals surface area contributed by atoms with E-state index in [4.69, 9.17) is 0 Å². The van der Waals surface area contributed by atoms with E-state index < -0.39 is 0 Å². The molecule has 25 heavy (non-hydrogen) atoms. The third-order valence-corrected chi connectivity index (χ3v) is 5.09. The number of carbonyl (C=O) groups is 1. The summed E-state index contributed by atoms with van der Waals surface area (Å²) >= 11 is 0. The molecule has 0 bridgehead atoms. The van der Waals surface area contributed by atoms with Gasteiger partial charge in [0.05, 0.1) is 0 Å². The maximum absolute atomic E-state index is 13.3. The molecule has 0 aromatic carbocycles. The molecule has 1 fully saturated rings. The van der Waals surface area contributed by atoms with Gasteiger partial charge >= 0.3 is 0 Å². The minimum atomic E-state index is -0.337. The third-order valence-electron chi connectivity index (χ3n) is 5.09. The van der Waals surface area contributed by atoms with Crippen LogP contribution in [-0.2, 0) is 0 Å². The van der Waals surface area contributed by atoms with Crippen LogP contribution in [0, 0.1) is 5.82 Å². The number of rotatable bonds is 2. The summed E-state index contributed by atoms with van der Waals surface area (Å²) in [4.78, 5) is 16.9. The van der Waals surface area contributed by atoms with Gasteiger partial charge in [-0.05, 0) is 25.0 Å². The van der Waals surface area contributed by atoms with Gasteiger partial charge in [0.2, 0.25) is 0 Å². The highest BCUT2D eigenvalue weighted by Crippen LogP contribution is 2.17. The van der Waals surface area contributed by atoms with Gasteiger partial charge in [-0.3, -0.25) is 4.79 Å². The van der Waals surface area contributed by atoms with E-state index in [-0.39, 0.29) is 17.8 Å². The largest absolute Gasteiger partial charge is 0.348 e. The lowest BCUT2D eigenvalue weighted by atomic mass is 9.98. The van der Waals surface area contributed by atoms with Gasteiger partial charge in [-0.25, -0.2) is 9.37 Å². The number of carbonyl (C=O) groups excluding carboxylic acids is 1. The Labute approximate surface area is 148 Å². The molecule has 4 nitrogen and oxygen atoms in total. The van der Waals surface area contributed by atoms with Crippen LogP contribution in [-0.4, -0.2) is 21.3 Å². The SMILES string of the molecule is O=C(NC1CCCCCCCCCCC1)c1cn2cc(F)ccc2n1. The maximum atomic E-state index is 13.3. The van der Waals surface area contributed by atoms with Crippen LogP contribution in [0.4, 0.5) is 4.39 Å². The first kappa shape index (κ1) is 17.9. The first-order chi connectivity index (χ1) is 12.2. The summed E-state index contributed by atoms with van der Waals surface area (Å²) in [5, 5.41) is 3.15. The van der Waals surface area contributed by atoms with Crippen LogP contribution < -0.4 is 5.32 Å². The summed E-state index contributed by atoms with van der Waals surface area (Å²) < 4.78 is 14.8. The molecule has 3 rings (SSSR count). The average Bonchev–Trinajstić information content (AvgIpc) is 3.00. The van der Waals surface area contributed by atoms with Crippen molar-refractivity contribution in [2.45, 2.75) is 76.7 Å². The first-order valence-corrected chi connectivity index (χ1v) is 9.67. The molecule has 0 radical (unpaired) electrons. The monoisotopic (exact) mass is 345 g/mol. The molecule has 1 aliphatic rings. The summed E-state index contributed by atoms with van der Waals surface area (Å²) in [6.45, 7) is 0. The molecule has 2 heterocycles. The Kier molecular flexibility index (Phi) is 6.42. The molecule has 0 unspecified atom stereocenters. The zero-order valence-electron chi connectivity index (χ0n) is 14.8. The third kappa shape index (κ3) is 5.28. The van der Waals surface area contributed by atoms with Gasteiger partial charge < -0.3 is 9.72 Å². The highest BCUT2D eigenvalue weighted by atomic mass is 19.1. The molecule has 0 spiro atoms. The van der Waals surface area contributed by atoms with E-state index in [0.29, 0.717) is 11.3 Å². The van der Waals surface area contributed by atoms with Gasteiger partial charge in [0.25, 0.3) is 5.91 Å². The van der Waals surface area contributed by atoms with Crippen LogP contribution in [0.25, 0.3) is 5.65 Å². The van der Waals surface area contributed by atoms with Crippen molar-refractivity contribution in [1.82, 2.24) is 14.7 Å². The standard InChI is InChI=1S/C20H28FN3O/c21-16-12-13-19-23-18(15-24(19)14-16)20(25)22-17-10-8-6-4-2-1-3-5-7-9-11-17/h12-15,17H,1-11H2,(H,22,25). The second-order valence-corrected chi connectivity index (χ2v) is 7.17. The van der Waals surface area contributed by atoms with E-state index in [1.54, 1.807) is 16.7 Å². The van der Waals surface area contributed by atoms with Crippen LogP contribution in [0.2, 0.25) is 0 Å². The molecule has 1 saturated carbocycles. The normalized spacial score (nSPS) is 18.4. The lowest BCUT2D eigenvalue weighted by Crippen LogP contribution is -2.35. The van der Waals surface area contributed by atoms with Gasteiger partial charge in [0.1, 0.15) is 17.2 Å².